The Balaban J connectivity index is 1.70. The predicted octanol–water partition coefficient (Wildman–Crippen LogP) is 2.54. The number of hydrogen-bond donors (Lipinski definition) is 1. The van der Waals surface area contributed by atoms with Crippen LogP contribution in [-0.2, 0) is 0 Å². The zero-order valence-corrected chi connectivity index (χ0v) is 13.3. The number of benzene rings is 1. The van der Waals surface area contributed by atoms with Crippen LogP contribution in [0.2, 0.25) is 0 Å². The van der Waals surface area contributed by atoms with Gasteiger partial charge in [-0.1, -0.05) is 18.6 Å². The van der Waals surface area contributed by atoms with Gasteiger partial charge >= 0.3 is 0 Å². The molecule has 2 rings (SSSR count). The first-order valence-corrected chi connectivity index (χ1v) is 8.06. The van der Waals surface area contributed by atoms with Crippen LogP contribution in [0, 0.1) is 0 Å². The van der Waals surface area contributed by atoms with Crippen molar-refractivity contribution >= 4 is 0 Å². The average Bonchev–Trinajstić information content (AvgIpc) is 2.50. The van der Waals surface area contributed by atoms with E-state index in [1.807, 2.05) is 31.2 Å². The Morgan fingerprint density at radius 3 is 2.62 bits per heavy atom. The summed E-state index contributed by atoms with van der Waals surface area (Å²) < 4.78 is 11.4. The van der Waals surface area contributed by atoms with Crippen LogP contribution < -0.4 is 14.8 Å². The van der Waals surface area contributed by atoms with E-state index in [9.17, 15) is 0 Å². The Morgan fingerprint density at radius 2 is 1.95 bits per heavy atom. The van der Waals surface area contributed by atoms with Crippen LogP contribution in [0.15, 0.2) is 24.3 Å². The molecular weight excluding hydrogens is 264 g/mol. The molecule has 1 N–H and O–H groups in total. The minimum Gasteiger partial charge on any atom is -0.490 e. The molecule has 1 aliphatic heterocycles. The quantitative estimate of drug-likeness (QED) is 0.798. The number of nitrogens with zero attached hydrogens (tertiary/aromatic N) is 1. The summed E-state index contributed by atoms with van der Waals surface area (Å²) in [4.78, 5) is 2.34. The predicted molar refractivity (Wildman–Crippen MR) is 86.2 cm³/mol. The molecule has 0 aliphatic carbocycles. The van der Waals surface area contributed by atoms with E-state index in [1.165, 1.54) is 19.3 Å². The van der Waals surface area contributed by atoms with Crippen molar-refractivity contribution in [2.45, 2.75) is 32.2 Å². The van der Waals surface area contributed by atoms with Crippen LogP contribution in [0.3, 0.4) is 0 Å². The number of para-hydroxylation sites is 2. The van der Waals surface area contributed by atoms with Gasteiger partial charge in [-0.3, -0.25) is 0 Å². The largest absolute Gasteiger partial charge is 0.490 e. The van der Waals surface area contributed by atoms with Gasteiger partial charge in [0, 0.05) is 19.1 Å². The van der Waals surface area contributed by atoms with E-state index in [4.69, 9.17) is 9.47 Å². The lowest BCUT2D eigenvalue weighted by atomic mass is 10.0. The minimum atomic E-state index is 0.638. The van der Waals surface area contributed by atoms with Crippen LogP contribution in [0.25, 0.3) is 0 Å². The SMILES string of the molecule is CCOc1ccccc1OCCN(C)CC1CCCCN1. The van der Waals surface area contributed by atoms with Gasteiger partial charge < -0.3 is 19.7 Å². The Morgan fingerprint density at radius 1 is 1.19 bits per heavy atom. The number of nitrogens with one attached hydrogen (secondary N) is 1. The monoisotopic (exact) mass is 292 g/mol. The molecular formula is C17H28N2O2. The summed E-state index contributed by atoms with van der Waals surface area (Å²) in [5, 5.41) is 3.58. The molecule has 0 spiro atoms. The molecule has 1 aromatic carbocycles. The Kier molecular flexibility index (Phi) is 6.83. The average molecular weight is 292 g/mol. The highest BCUT2D eigenvalue weighted by Gasteiger charge is 2.14. The molecule has 0 amide bonds. The number of ether oxygens (including phenoxy) is 2. The summed E-state index contributed by atoms with van der Waals surface area (Å²) in [5.41, 5.74) is 0. The number of rotatable bonds is 8. The number of piperidine rings is 1. The molecule has 1 heterocycles. The van der Waals surface area contributed by atoms with Crippen LogP contribution in [-0.4, -0.2) is 50.8 Å². The molecule has 4 heteroatoms. The van der Waals surface area contributed by atoms with Crippen molar-refractivity contribution in [1.29, 1.82) is 0 Å². The second kappa shape index (κ2) is 8.90. The summed E-state index contributed by atoms with van der Waals surface area (Å²) in [6.45, 7) is 6.52. The lowest BCUT2D eigenvalue weighted by Crippen LogP contribution is -2.43. The second-order valence-corrected chi connectivity index (χ2v) is 5.64. The number of hydrogen-bond acceptors (Lipinski definition) is 4. The fourth-order valence-corrected chi connectivity index (χ4v) is 2.70. The van der Waals surface area contributed by atoms with Crippen molar-refractivity contribution in [2.75, 3.05) is 39.9 Å². The molecule has 1 unspecified atom stereocenters. The van der Waals surface area contributed by atoms with Gasteiger partial charge in [-0.05, 0) is 45.5 Å². The summed E-state index contributed by atoms with van der Waals surface area (Å²) in [7, 11) is 2.16. The van der Waals surface area contributed by atoms with Crippen LogP contribution in [0.4, 0.5) is 0 Å². The minimum absolute atomic E-state index is 0.638. The third kappa shape index (κ3) is 5.56. The fraction of sp³-hybridized carbons (Fsp3) is 0.647. The molecule has 1 atom stereocenters. The maximum atomic E-state index is 5.86. The van der Waals surface area contributed by atoms with E-state index >= 15 is 0 Å². The van der Waals surface area contributed by atoms with E-state index in [2.05, 4.69) is 17.3 Å². The Bertz CT molecular complexity index is 406. The molecule has 1 aromatic rings. The van der Waals surface area contributed by atoms with Crippen molar-refractivity contribution in [3.8, 4) is 11.5 Å². The van der Waals surface area contributed by atoms with Crippen LogP contribution in [0.5, 0.6) is 11.5 Å². The maximum absolute atomic E-state index is 5.86. The number of likely N-dealkylation sites (N-methyl/N-ethyl adjacent to an activating group) is 1. The highest BCUT2D eigenvalue weighted by Crippen LogP contribution is 2.26. The van der Waals surface area contributed by atoms with Crippen molar-refractivity contribution in [2.24, 2.45) is 0 Å². The van der Waals surface area contributed by atoms with Gasteiger partial charge in [-0.2, -0.15) is 0 Å². The molecule has 0 aromatic heterocycles. The first-order valence-electron chi connectivity index (χ1n) is 8.06. The van der Waals surface area contributed by atoms with E-state index in [-0.39, 0.29) is 0 Å². The normalized spacial score (nSPS) is 18.7. The first kappa shape index (κ1) is 16.1. The molecule has 1 aliphatic rings. The van der Waals surface area contributed by atoms with Crippen molar-refractivity contribution in [1.82, 2.24) is 10.2 Å². The van der Waals surface area contributed by atoms with Gasteiger partial charge in [-0.25, -0.2) is 0 Å². The van der Waals surface area contributed by atoms with Crippen LogP contribution >= 0.6 is 0 Å². The van der Waals surface area contributed by atoms with E-state index in [0.717, 1.165) is 31.1 Å². The Hall–Kier alpha value is -1.26. The van der Waals surface area contributed by atoms with Gasteiger partial charge in [-0.15, -0.1) is 0 Å². The molecule has 21 heavy (non-hydrogen) atoms. The summed E-state index contributed by atoms with van der Waals surface area (Å²) >= 11 is 0. The Labute approximate surface area is 128 Å². The molecule has 118 valence electrons. The smallest absolute Gasteiger partial charge is 0.161 e. The third-order valence-electron chi connectivity index (χ3n) is 3.82. The van der Waals surface area contributed by atoms with E-state index < -0.39 is 0 Å². The molecule has 0 saturated carbocycles. The lowest BCUT2D eigenvalue weighted by Gasteiger charge is -2.28. The van der Waals surface area contributed by atoms with Gasteiger partial charge in [0.15, 0.2) is 11.5 Å². The van der Waals surface area contributed by atoms with Crippen molar-refractivity contribution < 1.29 is 9.47 Å². The summed E-state index contributed by atoms with van der Waals surface area (Å²) in [5.74, 6) is 1.67. The van der Waals surface area contributed by atoms with Crippen LogP contribution in [0.1, 0.15) is 26.2 Å². The zero-order chi connectivity index (χ0) is 14.9. The van der Waals surface area contributed by atoms with Gasteiger partial charge in [0.2, 0.25) is 0 Å². The maximum Gasteiger partial charge on any atom is 0.161 e. The third-order valence-corrected chi connectivity index (χ3v) is 3.82. The molecule has 1 fully saturated rings. The van der Waals surface area contributed by atoms with E-state index in [1.54, 1.807) is 0 Å². The molecule has 1 saturated heterocycles. The molecule has 0 bridgehead atoms. The topological polar surface area (TPSA) is 33.7 Å². The standard InChI is InChI=1S/C17H28N2O2/c1-3-20-16-9-4-5-10-17(16)21-13-12-19(2)14-15-8-6-7-11-18-15/h4-5,9-10,15,18H,3,6-8,11-14H2,1-2H3. The highest BCUT2D eigenvalue weighted by molar-refractivity contribution is 5.39. The second-order valence-electron chi connectivity index (χ2n) is 5.64. The lowest BCUT2D eigenvalue weighted by molar-refractivity contribution is 0.205. The van der Waals surface area contributed by atoms with Crippen molar-refractivity contribution in [3.05, 3.63) is 24.3 Å². The van der Waals surface area contributed by atoms with Crippen molar-refractivity contribution in [3.63, 3.8) is 0 Å². The van der Waals surface area contributed by atoms with E-state index in [0.29, 0.717) is 19.3 Å². The zero-order valence-electron chi connectivity index (χ0n) is 13.3. The molecule has 4 nitrogen and oxygen atoms in total. The van der Waals surface area contributed by atoms with Gasteiger partial charge in [0.25, 0.3) is 0 Å². The van der Waals surface area contributed by atoms with Gasteiger partial charge in [0.05, 0.1) is 6.61 Å². The molecule has 0 radical (unpaired) electrons. The summed E-state index contributed by atoms with van der Waals surface area (Å²) in [6.07, 6.45) is 3.96. The summed E-state index contributed by atoms with van der Waals surface area (Å²) in [6, 6.07) is 8.51. The first-order chi connectivity index (χ1) is 10.3. The highest BCUT2D eigenvalue weighted by atomic mass is 16.5. The van der Waals surface area contributed by atoms with Gasteiger partial charge in [0.1, 0.15) is 6.61 Å². The fourth-order valence-electron chi connectivity index (χ4n) is 2.70.